The molecule has 22 heavy (non-hydrogen) atoms. The first-order valence-electron chi connectivity index (χ1n) is 7.15. The molecule has 5 nitrogen and oxygen atoms in total. The number of hydrogen-bond acceptors (Lipinski definition) is 4. The van der Waals surface area contributed by atoms with Gasteiger partial charge in [0.25, 0.3) is 10.0 Å². The molecule has 0 bridgehead atoms. The second-order valence-corrected chi connectivity index (χ2v) is 7.62. The molecule has 116 valence electrons. The third-order valence-electron chi connectivity index (χ3n) is 4.13. The molecule has 0 amide bonds. The van der Waals surface area contributed by atoms with E-state index in [-0.39, 0.29) is 10.7 Å². The van der Waals surface area contributed by atoms with E-state index < -0.39 is 10.0 Å². The lowest BCUT2D eigenvalue weighted by Gasteiger charge is -2.21. The van der Waals surface area contributed by atoms with Crippen molar-refractivity contribution in [2.45, 2.75) is 32.1 Å². The summed E-state index contributed by atoms with van der Waals surface area (Å²) in [4.78, 5) is 4.06. The molecule has 1 aliphatic heterocycles. The maximum Gasteiger partial charge on any atom is 0.268 e. The molecular weight excluding hydrogens is 298 g/mol. The van der Waals surface area contributed by atoms with Crippen molar-refractivity contribution >= 4 is 21.5 Å². The van der Waals surface area contributed by atoms with E-state index in [1.165, 1.54) is 9.87 Å². The predicted molar refractivity (Wildman–Crippen MR) is 87.5 cm³/mol. The molecule has 2 N–H and O–H groups in total. The molecular formula is C16H19N3O2S. The standard InChI is InChI=1S/C16H19N3O2S/c1-10-6-15(16(17)18-9-10)22(20,21)19-5-4-13-7-11(2)12(3)8-14(13)19/h6-9H,4-5H2,1-3H3,(H2,17,18). The van der Waals surface area contributed by atoms with E-state index in [1.807, 2.05) is 19.9 Å². The monoisotopic (exact) mass is 317 g/mol. The van der Waals surface area contributed by atoms with Crippen LogP contribution in [0.4, 0.5) is 11.5 Å². The Morgan fingerprint density at radius 1 is 1.14 bits per heavy atom. The van der Waals surface area contributed by atoms with Crippen LogP contribution < -0.4 is 10.0 Å². The van der Waals surface area contributed by atoms with E-state index in [9.17, 15) is 8.42 Å². The Balaban J connectivity index is 2.14. The van der Waals surface area contributed by atoms with Gasteiger partial charge < -0.3 is 5.73 Å². The second kappa shape index (κ2) is 4.98. The molecule has 6 heteroatoms. The smallest absolute Gasteiger partial charge is 0.268 e. The van der Waals surface area contributed by atoms with Crippen molar-refractivity contribution in [1.29, 1.82) is 0 Å². The number of pyridine rings is 1. The predicted octanol–water partition coefficient (Wildman–Crippen LogP) is 2.34. The van der Waals surface area contributed by atoms with Crippen LogP contribution in [0.5, 0.6) is 0 Å². The highest BCUT2D eigenvalue weighted by Crippen LogP contribution is 2.35. The van der Waals surface area contributed by atoms with Gasteiger partial charge >= 0.3 is 0 Å². The first-order chi connectivity index (χ1) is 10.3. The van der Waals surface area contributed by atoms with Gasteiger partial charge in [-0.05, 0) is 61.6 Å². The van der Waals surface area contributed by atoms with Crippen molar-refractivity contribution in [2.75, 3.05) is 16.6 Å². The van der Waals surface area contributed by atoms with E-state index >= 15 is 0 Å². The average molecular weight is 317 g/mol. The maximum atomic E-state index is 13.0. The summed E-state index contributed by atoms with van der Waals surface area (Å²) < 4.78 is 27.4. The lowest BCUT2D eigenvalue weighted by Crippen LogP contribution is -2.30. The number of aromatic nitrogens is 1. The Kier molecular flexibility index (Phi) is 3.36. The van der Waals surface area contributed by atoms with Crippen LogP contribution in [0.3, 0.4) is 0 Å². The lowest BCUT2D eigenvalue weighted by molar-refractivity contribution is 0.592. The third-order valence-corrected chi connectivity index (χ3v) is 5.98. The molecule has 0 aliphatic carbocycles. The minimum absolute atomic E-state index is 0.0443. The van der Waals surface area contributed by atoms with Crippen LogP contribution in [-0.4, -0.2) is 19.9 Å². The van der Waals surface area contributed by atoms with E-state index in [1.54, 1.807) is 19.2 Å². The van der Waals surface area contributed by atoms with Crippen molar-refractivity contribution in [3.05, 3.63) is 46.6 Å². The van der Waals surface area contributed by atoms with Gasteiger partial charge in [0.2, 0.25) is 0 Å². The van der Waals surface area contributed by atoms with E-state index in [2.05, 4.69) is 11.1 Å². The van der Waals surface area contributed by atoms with Gasteiger partial charge in [0.15, 0.2) is 0 Å². The zero-order valence-corrected chi connectivity index (χ0v) is 13.7. The van der Waals surface area contributed by atoms with Crippen LogP contribution in [-0.2, 0) is 16.4 Å². The lowest BCUT2D eigenvalue weighted by atomic mass is 10.0. The van der Waals surface area contributed by atoms with Crippen LogP contribution in [0.25, 0.3) is 0 Å². The summed E-state index contributed by atoms with van der Waals surface area (Å²) in [5, 5.41) is 0. The van der Waals surface area contributed by atoms with E-state index in [0.29, 0.717) is 6.54 Å². The molecule has 1 aromatic heterocycles. The summed E-state index contributed by atoms with van der Waals surface area (Å²) in [7, 11) is -3.69. The number of nitrogens with two attached hydrogens (primary N) is 1. The van der Waals surface area contributed by atoms with Gasteiger partial charge in [-0.25, -0.2) is 13.4 Å². The van der Waals surface area contributed by atoms with Crippen molar-refractivity contribution in [1.82, 2.24) is 4.98 Å². The van der Waals surface area contributed by atoms with Crippen molar-refractivity contribution < 1.29 is 8.42 Å². The Morgan fingerprint density at radius 2 is 1.82 bits per heavy atom. The summed E-state index contributed by atoms with van der Waals surface area (Å²) in [5.41, 5.74) is 10.6. The van der Waals surface area contributed by atoms with E-state index in [4.69, 9.17) is 5.73 Å². The zero-order chi connectivity index (χ0) is 16.1. The highest BCUT2D eigenvalue weighted by atomic mass is 32.2. The van der Waals surface area contributed by atoms with Crippen LogP contribution in [0, 0.1) is 20.8 Å². The first-order valence-corrected chi connectivity index (χ1v) is 8.59. The van der Waals surface area contributed by atoms with Crippen LogP contribution >= 0.6 is 0 Å². The maximum absolute atomic E-state index is 13.0. The summed E-state index contributed by atoms with van der Waals surface area (Å²) in [6.07, 6.45) is 2.29. The van der Waals surface area contributed by atoms with Crippen molar-refractivity contribution in [3.8, 4) is 0 Å². The Bertz CT molecular complexity index is 860. The first kappa shape index (κ1) is 14.8. The molecule has 1 aromatic carbocycles. The topological polar surface area (TPSA) is 76.3 Å². The fourth-order valence-electron chi connectivity index (χ4n) is 2.76. The van der Waals surface area contributed by atoms with Gasteiger partial charge in [0, 0.05) is 12.7 Å². The molecule has 0 saturated heterocycles. The van der Waals surface area contributed by atoms with Crippen molar-refractivity contribution in [2.24, 2.45) is 0 Å². The molecule has 3 rings (SSSR count). The SMILES string of the molecule is Cc1cnc(N)c(S(=O)(=O)N2CCc3cc(C)c(C)cc32)c1. The van der Waals surface area contributed by atoms with Gasteiger partial charge in [0.1, 0.15) is 10.7 Å². The minimum atomic E-state index is -3.69. The summed E-state index contributed by atoms with van der Waals surface area (Å²) >= 11 is 0. The van der Waals surface area contributed by atoms with Gasteiger partial charge in [-0.3, -0.25) is 4.31 Å². The highest BCUT2D eigenvalue weighted by molar-refractivity contribution is 7.93. The minimum Gasteiger partial charge on any atom is -0.383 e. The Labute approximate surface area is 130 Å². The molecule has 0 unspecified atom stereocenters. The molecule has 0 fully saturated rings. The fraction of sp³-hybridized carbons (Fsp3) is 0.312. The number of rotatable bonds is 2. The molecule has 0 spiro atoms. The fourth-order valence-corrected chi connectivity index (χ4v) is 4.41. The van der Waals surface area contributed by atoms with Crippen LogP contribution in [0.2, 0.25) is 0 Å². The quantitative estimate of drug-likeness (QED) is 0.922. The van der Waals surface area contributed by atoms with Crippen molar-refractivity contribution in [3.63, 3.8) is 0 Å². The number of fused-ring (bicyclic) bond motifs is 1. The van der Waals surface area contributed by atoms with Gasteiger partial charge in [-0.2, -0.15) is 0 Å². The zero-order valence-electron chi connectivity index (χ0n) is 12.9. The van der Waals surface area contributed by atoms with Crippen LogP contribution in [0.1, 0.15) is 22.3 Å². The van der Waals surface area contributed by atoms with Gasteiger partial charge in [0.05, 0.1) is 5.69 Å². The number of sulfonamides is 1. The highest BCUT2D eigenvalue weighted by Gasteiger charge is 2.33. The molecule has 0 saturated carbocycles. The molecule has 1 aliphatic rings. The van der Waals surface area contributed by atoms with Crippen LogP contribution in [0.15, 0.2) is 29.3 Å². The number of benzene rings is 1. The largest absolute Gasteiger partial charge is 0.383 e. The number of aryl methyl sites for hydroxylation is 3. The summed E-state index contributed by atoms with van der Waals surface area (Å²) in [6.45, 7) is 6.27. The Hall–Kier alpha value is -2.08. The van der Waals surface area contributed by atoms with Gasteiger partial charge in [-0.15, -0.1) is 0 Å². The molecule has 0 radical (unpaired) electrons. The molecule has 2 aromatic rings. The molecule has 2 heterocycles. The number of nitrogens with zero attached hydrogens (tertiary/aromatic N) is 2. The molecule has 0 atom stereocenters. The number of nitrogen functional groups attached to an aromatic ring is 1. The second-order valence-electron chi connectivity index (χ2n) is 5.79. The van der Waals surface area contributed by atoms with E-state index in [0.717, 1.165) is 28.8 Å². The summed E-state index contributed by atoms with van der Waals surface area (Å²) in [5.74, 6) is 0.0443. The average Bonchev–Trinajstić information content (AvgIpc) is 2.85. The summed E-state index contributed by atoms with van der Waals surface area (Å²) in [6, 6.07) is 5.59. The Morgan fingerprint density at radius 3 is 2.55 bits per heavy atom. The van der Waals surface area contributed by atoms with Gasteiger partial charge in [-0.1, -0.05) is 6.07 Å². The third kappa shape index (κ3) is 2.23. The number of anilines is 2. The number of hydrogen-bond donors (Lipinski definition) is 1. The normalized spacial score (nSPS) is 14.2.